The number of benzene rings is 2. The summed E-state index contributed by atoms with van der Waals surface area (Å²) >= 11 is 7.30. The van der Waals surface area contributed by atoms with Crippen molar-refractivity contribution in [3.8, 4) is 17.1 Å². The molecular formula is C34H38ClFN8O2+2. The number of aromatic nitrogens is 3. The normalized spacial score (nSPS) is 20.8. The number of urea groups is 1. The van der Waals surface area contributed by atoms with Gasteiger partial charge in [-0.25, -0.2) is 14.2 Å². The number of nitrogens with zero attached hydrogens (tertiary/aromatic N) is 7. The molecule has 4 heterocycles. The van der Waals surface area contributed by atoms with Gasteiger partial charge in [0.05, 0.1) is 19.7 Å². The predicted octanol–water partition coefficient (Wildman–Crippen LogP) is 5.75. The Kier molecular flexibility index (Phi) is 8.26. The topological polar surface area (TPSA) is 108 Å². The van der Waals surface area contributed by atoms with Gasteiger partial charge in [-0.05, 0) is 72.3 Å². The van der Waals surface area contributed by atoms with Crippen molar-refractivity contribution in [1.82, 2.24) is 14.8 Å². The molecule has 2 aromatic carbocycles. The van der Waals surface area contributed by atoms with E-state index in [1.807, 2.05) is 32.3 Å². The average molecular weight is 645 g/mol. The molecule has 0 bridgehead atoms. The first-order valence-electron chi connectivity index (χ1n) is 15.3. The third-order valence-electron chi connectivity index (χ3n) is 8.71. The number of carbonyl (C=O) groups excluding carboxylic acids is 1. The number of hydrogen-bond acceptors (Lipinski definition) is 6. The Bertz CT molecular complexity index is 1900. The molecule has 0 spiro atoms. The number of aryl methyl sites for hydroxylation is 2. The lowest BCUT2D eigenvalue weighted by Crippen LogP contribution is -2.63. The highest BCUT2D eigenvalue weighted by atomic mass is 35.5. The summed E-state index contributed by atoms with van der Waals surface area (Å²) in [6.45, 7) is 2.94. The average Bonchev–Trinajstić information content (AvgIpc) is 3.58. The standard InChI is InChI=1S/C34H37ClFN8O2/c1-5-6-10-26-20-24-9-7-8-11-27(24)32(38-26)46-19-18-43(3,4)34(35)22-44(33(37)45)30(39-34)17-16-29(41-44)28-21-42(2)40-31(28)23-12-14-25(36)15-13-23/h7-9,11-17,20-21H,5-6,10,18-19,22H2,1-4H3,(H-,37,45)/q+1/p+1. The number of rotatable bonds is 10. The van der Waals surface area contributed by atoms with Crippen molar-refractivity contribution < 1.29 is 23.0 Å². The Morgan fingerprint density at radius 3 is 2.67 bits per heavy atom. The summed E-state index contributed by atoms with van der Waals surface area (Å²) in [5, 5.41) is 10.2. The van der Waals surface area contributed by atoms with Gasteiger partial charge in [0.15, 0.2) is 0 Å². The van der Waals surface area contributed by atoms with Crippen molar-refractivity contribution in [3.05, 3.63) is 90.0 Å². The third kappa shape index (κ3) is 5.70. The summed E-state index contributed by atoms with van der Waals surface area (Å²) in [5.74, 6) is 0.595. The number of unbranched alkanes of at least 4 members (excludes halogenated alkanes) is 1. The van der Waals surface area contributed by atoms with Crippen molar-refractivity contribution in [3.63, 3.8) is 0 Å². The number of likely N-dealkylation sites (N-methyl/N-ethyl adjacent to an activating group) is 1. The van der Waals surface area contributed by atoms with Gasteiger partial charge in [-0.2, -0.15) is 5.10 Å². The first kappa shape index (κ1) is 31.5. The van der Waals surface area contributed by atoms with Crippen molar-refractivity contribution in [1.29, 1.82) is 0 Å². The molecule has 0 radical (unpaired) electrons. The zero-order valence-electron chi connectivity index (χ0n) is 26.5. The molecule has 2 aliphatic heterocycles. The van der Waals surface area contributed by atoms with E-state index in [0.717, 1.165) is 35.7 Å². The molecular weight excluding hydrogens is 607 g/mol. The smallest absolute Gasteiger partial charge is 0.447 e. The van der Waals surface area contributed by atoms with Crippen LogP contribution in [0.4, 0.5) is 9.18 Å². The fourth-order valence-corrected chi connectivity index (χ4v) is 6.19. The minimum atomic E-state index is -1.27. The Morgan fingerprint density at radius 2 is 1.93 bits per heavy atom. The zero-order valence-corrected chi connectivity index (χ0v) is 27.2. The summed E-state index contributed by atoms with van der Waals surface area (Å²) in [5.41, 5.74) is 9.51. The highest BCUT2D eigenvalue weighted by molar-refractivity contribution is 6.25. The van der Waals surface area contributed by atoms with Crippen LogP contribution in [0.15, 0.2) is 83.0 Å². The second-order valence-electron chi connectivity index (χ2n) is 12.3. The maximum absolute atomic E-state index is 13.6. The number of ether oxygens (including phenoxy) is 1. The minimum absolute atomic E-state index is 0.000110. The van der Waals surface area contributed by atoms with Gasteiger partial charge >= 0.3 is 11.2 Å². The van der Waals surface area contributed by atoms with E-state index in [2.05, 4.69) is 24.2 Å². The molecule has 10 nitrogen and oxygen atoms in total. The second-order valence-corrected chi connectivity index (χ2v) is 13.0. The van der Waals surface area contributed by atoms with Crippen molar-refractivity contribution >= 4 is 40.0 Å². The van der Waals surface area contributed by atoms with Crippen LogP contribution in [0, 0.1) is 5.82 Å². The highest BCUT2D eigenvalue weighted by Crippen LogP contribution is 2.40. The molecule has 0 aliphatic carbocycles. The van der Waals surface area contributed by atoms with Crippen LogP contribution in [0.25, 0.3) is 22.0 Å². The zero-order chi connectivity index (χ0) is 32.7. The van der Waals surface area contributed by atoms with Crippen LogP contribution in [-0.2, 0) is 13.5 Å². The summed E-state index contributed by atoms with van der Waals surface area (Å²) < 4.78 is 21.2. The first-order valence-corrected chi connectivity index (χ1v) is 15.7. The van der Waals surface area contributed by atoms with Crippen LogP contribution in [0.5, 0.6) is 5.88 Å². The summed E-state index contributed by atoms with van der Waals surface area (Å²) in [7, 11) is 5.68. The number of carbonyl (C=O) groups is 1. The van der Waals surface area contributed by atoms with E-state index in [1.165, 1.54) is 12.1 Å². The minimum Gasteiger partial charge on any atom is -0.471 e. The number of amides is 2. The van der Waals surface area contributed by atoms with Crippen molar-refractivity contribution in [2.75, 3.05) is 33.8 Å². The summed E-state index contributed by atoms with van der Waals surface area (Å²) in [4.78, 5) is 22.9. The van der Waals surface area contributed by atoms with Gasteiger partial charge in [-0.1, -0.05) is 41.2 Å². The number of fused-ring (bicyclic) bond motifs is 2. The fraction of sp³-hybridized carbons (Fsp3) is 0.324. The lowest BCUT2D eigenvalue weighted by molar-refractivity contribution is -0.941. The summed E-state index contributed by atoms with van der Waals surface area (Å²) in [6.07, 6.45) is 8.33. The Morgan fingerprint density at radius 1 is 1.17 bits per heavy atom. The molecule has 2 atom stereocenters. The SMILES string of the molecule is CCCCc1cc2ccccc2c(OCC[N+](C)(C)C2(Cl)C[N+]3(C(N)=O)N=C(c4cn(C)nc4-c4ccc(F)cc4)C=CC3=N2)n1. The van der Waals surface area contributed by atoms with E-state index in [0.29, 0.717) is 47.4 Å². The summed E-state index contributed by atoms with van der Waals surface area (Å²) in [6, 6.07) is 15.6. The highest BCUT2D eigenvalue weighted by Gasteiger charge is 2.64. The maximum atomic E-state index is 13.6. The number of hydrogen-bond donors (Lipinski definition) is 1. The molecule has 2 unspecified atom stereocenters. The van der Waals surface area contributed by atoms with Gasteiger partial charge in [-0.15, -0.1) is 4.99 Å². The molecule has 2 aliphatic rings. The largest absolute Gasteiger partial charge is 0.471 e. The van der Waals surface area contributed by atoms with Crippen LogP contribution in [0.3, 0.4) is 0 Å². The van der Waals surface area contributed by atoms with Gasteiger partial charge in [0.25, 0.3) is 5.84 Å². The first-order chi connectivity index (χ1) is 21.9. The number of amidine groups is 1. The molecule has 12 heteroatoms. The Hall–Kier alpha value is -4.45. The quantitative estimate of drug-likeness (QED) is 0.135. The van der Waals surface area contributed by atoms with E-state index in [-0.39, 0.29) is 16.8 Å². The molecule has 238 valence electrons. The van der Waals surface area contributed by atoms with Crippen LogP contribution >= 0.6 is 11.6 Å². The number of quaternary nitrogens is 2. The number of alkyl halides is 1. The number of halogens is 2. The number of pyridine rings is 1. The predicted molar refractivity (Wildman–Crippen MR) is 178 cm³/mol. The maximum Gasteiger partial charge on any atom is 0.447 e. The molecule has 4 aromatic rings. The molecule has 0 fully saturated rings. The fourth-order valence-electron chi connectivity index (χ4n) is 5.85. The second kappa shape index (κ2) is 12.1. The molecule has 2 aromatic heterocycles. The Balaban J connectivity index is 1.26. The molecule has 6 rings (SSSR count). The van der Waals surface area contributed by atoms with E-state index >= 15 is 0 Å². The Labute approximate surface area is 272 Å². The third-order valence-corrected chi connectivity index (χ3v) is 9.37. The van der Waals surface area contributed by atoms with Crippen LogP contribution in [0.1, 0.15) is 31.0 Å². The number of aliphatic imine (C=N–C) groups is 1. The number of primary amides is 1. The van der Waals surface area contributed by atoms with Gasteiger partial charge in [-0.3, -0.25) is 9.16 Å². The van der Waals surface area contributed by atoms with Crippen molar-refractivity contribution in [2.24, 2.45) is 22.9 Å². The van der Waals surface area contributed by atoms with Crippen LogP contribution < -0.4 is 10.5 Å². The van der Waals surface area contributed by atoms with E-state index < -0.39 is 15.7 Å². The number of allylic oxidation sites excluding steroid dienone is 1. The van der Waals surface area contributed by atoms with E-state index in [9.17, 15) is 9.18 Å². The lowest BCUT2D eigenvalue weighted by Gasteiger charge is -2.38. The number of nitrogens with two attached hydrogens (primary N) is 1. The van der Waals surface area contributed by atoms with E-state index in [1.54, 1.807) is 42.2 Å². The molecule has 0 saturated heterocycles. The molecule has 2 N–H and O–H groups in total. The molecule has 46 heavy (non-hydrogen) atoms. The molecule has 2 amide bonds. The van der Waals surface area contributed by atoms with Gasteiger partial charge in [0.2, 0.25) is 12.4 Å². The van der Waals surface area contributed by atoms with Crippen LogP contribution in [-0.4, -0.2) is 80.3 Å². The lowest BCUT2D eigenvalue weighted by atomic mass is 10.0. The van der Waals surface area contributed by atoms with E-state index in [4.69, 9.17) is 37.1 Å². The van der Waals surface area contributed by atoms with Crippen LogP contribution in [0.2, 0.25) is 0 Å². The molecule has 0 saturated carbocycles. The van der Waals surface area contributed by atoms with Crippen molar-refractivity contribution in [2.45, 2.75) is 31.3 Å². The van der Waals surface area contributed by atoms with Gasteiger partial charge in [0, 0.05) is 36.0 Å². The van der Waals surface area contributed by atoms with Gasteiger partial charge < -0.3 is 10.5 Å². The monoisotopic (exact) mass is 644 g/mol. The van der Waals surface area contributed by atoms with Gasteiger partial charge in [0.1, 0.15) is 30.4 Å².